The van der Waals surface area contributed by atoms with Gasteiger partial charge in [-0.05, 0) is 31.4 Å². The number of nitrogens with zero attached hydrogens (tertiary/aromatic N) is 2. The van der Waals surface area contributed by atoms with Gasteiger partial charge in [-0.25, -0.2) is 8.42 Å². The van der Waals surface area contributed by atoms with Crippen LogP contribution in [0.4, 0.5) is 11.4 Å². The molecule has 0 radical (unpaired) electrons. The molecule has 0 aromatic heterocycles. The Bertz CT molecular complexity index is 628. The van der Waals surface area contributed by atoms with Crippen LogP contribution in [0.1, 0.15) is 27.2 Å². The second kappa shape index (κ2) is 6.40. The maximum Gasteiger partial charge on any atom is 0.289 e. The molecule has 0 fully saturated rings. The highest BCUT2D eigenvalue weighted by Crippen LogP contribution is 2.29. The molecule has 1 aromatic carbocycles. The fourth-order valence-corrected chi connectivity index (χ4v) is 3.67. The van der Waals surface area contributed by atoms with E-state index in [9.17, 15) is 18.5 Å². The number of nitro benzene ring substituents is 1. The van der Waals surface area contributed by atoms with Crippen molar-refractivity contribution in [3.8, 4) is 0 Å². The fraction of sp³-hybridized carbons (Fsp3) is 0.538. The highest BCUT2D eigenvalue weighted by atomic mass is 32.2. The Kier molecular flexibility index (Phi) is 5.30. The topological polar surface area (TPSA) is 107 Å². The molecule has 1 atom stereocenters. The second-order valence-electron chi connectivity index (χ2n) is 5.48. The number of hydrogen-bond acceptors (Lipinski definition) is 5. The molecule has 7 nitrogen and oxygen atoms in total. The molecule has 0 spiro atoms. The first-order valence-electron chi connectivity index (χ1n) is 6.59. The Hall–Kier alpha value is -1.67. The summed E-state index contributed by atoms with van der Waals surface area (Å²) >= 11 is 0. The third kappa shape index (κ3) is 3.92. The van der Waals surface area contributed by atoms with Crippen LogP contribution in [-0.4, -0.2) is 30.7 Å². The first-order valence-corrected chi connectivity index (χ1v) is 8.03. The Labute approximate surface area is 124 Å². The standard InChI is InChI=1S/C13H21N3O4S/c1-9(2)7-10(3)15(4)21(19,20)13-8-11(14)5-6-12(13)16(17)18/h5-6,8-10H,7,14H2,1-4H3. The molecular formula is C13H21N3O4S. The van der Waals surface area contributed by atoms with Gasteiger partial charge in [0.15, 0.2) is 4.90 Å². The summed E-state index contributed by atoms with van der Waals surface area (Å²) in [6.07, 6.45) is 0.659. The van der Waals surface area contributed by atoms with E-state index in [-0.39, 0.29) is 16.6 Å². The number of benzene rings is 1. The van der Waals surface area contributed by atoms with Gasteiger partial charge in [-0.15, -0.1) is 0 Å². The Morgan fingerprint density at radius 2 is 1.90 bits per heavy atom. The zero-order valence-electron chi connectivity index (χ0n) is 12.6. The van der Waals surface area contributed by atoms with Crippen molar-refractivity contribution >= 4 is 21.4 Å². The smallest absolute Gasteiger partial charge is 0.289 e. The van der Waals surface area contributed by atoms with Gasteiger partial charge in [0.05, 0.1) is 4.92 Å². The van der Waals surface area contributed by atoms with E-state index < -0.39 is 20.6 Å². The summed E-state index contributed by atoms with van der Waals surface area (Å²) in [5.74, 6) is 0.313. The molecule has 21 heavy (non-hydrogen) atoms. The first-order chi connectivity index (χ1) is 9.57. The van der Waals surface area contributed by atoms with Gasteiger partial charge in [-0.2, -0.15) is 4.31 Å². The van der Waals surface area contributed by atoms with E-state index in [2.05, 4.69) is 0 Å². The number of nitrogens with two attached hydrogens (primary N) is 1. The van der Waals surface area contributed by atoms with E-state index in [0.717, 1.165) is 16.4 Å². The van der Waals surface area contributed by atoms with Gasteiger partial charge in [0.2, 0.25) is 10.0 Å². The number of rotatable bonds is 6. The number of hydrogen-bond donors (Lipinski definition) is 1. The summed E-state index contributed by atoms with van der Waals surface area (Å²) in [6.45, 7) is 5.75. The summed E-state index contributed by atoms with van der Waals surface area (Å²) in [5.41, 5.74) is 5.28. The maximum atomic E-state index is 12.6. The van der Waals surface area contributed by atoms with Crippen molar-refractivity contribution in [3.63, 3.8) is 0 Å². The highest BCUT2D eigenvalue weighted by Gasteiger charge is 2.32. The molecule has 1 rings (SSSR count). The van der Waals surface area contributed by atoms with Crippen LogP contribution in [0.2, 0.25) is 0 Å². The average molecular weight is 315 g/mol. The lowest BCUT2D eigenvalue weighted by molar-refractivity contribution is -0.387. The molecule has 0 aliphatic carbocycles. The molecule has 0 aliphatic heterocycles. The van der Waals surface area contributed by atoms with E-state index >= 15 is 0 Å². The largest absolute Gasteiger partial charge is 0.399 e. The molecule has 8 heteroatoms. The predicted octanol–water partition coefficient (Wildman–Crippen LogP) is 2.23. The van der Waals surface area contributed by atoms with Gasteiger partial charge in [0, 0.05) is 24.8 Å². The van der Waals surface area contributed by atoms with Crippen LogP contribution in [0.25, 0.3) is 0 Å². The van der Waals surface area contributed by atoms with Crippen LogP contribution < -0.4 is 5.73 Å². The van der Waals surface area contributed by atoms with Crippen molar-refractivity contribution in [3.05, 3.63) is 28.3 Å². The molecule has 1 aromatic rings. The van der Waals surface area contributed by atoms with E-state index in [0.29, 0.717) is 12.3 Å². The minimum atomic E-state index is -3.97. The van der Waals surface area contributed by atoms with E-state index in [4.69, 9.17) is 5.73 Å². The zero-order valence-corrected chi connectivity index (χ0v) is 13.4. The van der Waals surface area contributed by atoms with Gasteiger partial charge in [-0.1, -0.05) is 13.8 Å². The number of sulfonamides is 1. The Morgan fingerprint density at radius 1 is 1.33 bits per heavy atom. The monoisotopic (exact) mass is 315 g/mol. The fourth-order valence-electron chi connectivity index (χ4n) is 2.11. The molecule has 118 valence electrons. The van der Waals surface area contributed by atoms with Gasteiger partial charge in [0.25, 0.3) is 5.69 Å². The molecule has 0 saturated carbocycles. The van der Waals surface area contributed by atoms with Gasteiger partial charge >= 0.3 is 0 Å². The summed E-state index contributed by atoms with van der Waals surface area (Å²) in [6, 6.07) is 3.29. The van der Waals surface area contributed by atoms with Crippen LogP contribution in [-0.2, 0) is 10.0 Å². The Morgan fingerprint density at radius 3 is 2.38 bits per heavy atom. The van der Waals surface area contributed by atoms with Crippen molar-refractivity contribution in [2.45, 2.75) is 38.1 Å². The van der Waals surface area contributed by atoms with Crippen LogP contribution >= 0.6 is 0 Å². The minimum absolute atomic E-state index is 0.170. The highest BCUT2D eigenvalue weighted by molar-refractivity contribution is 7.89. The number of nitrogen functional groups attached to an aromatic ring is 1. The van der Waals surface area contributed by atoms with Crippen molar-refractivity contribution < 1.29 is 13.3 Å². The number of nitro groups is 1. The third-order valence-electron chi connectivity index (χ3n) is 3.27. The van der Waals surface area contributed by atoms with Crippen molar-refractivity contribution in [1.82, 2.24) is 4.31 Å². The molecule has 0 bridgehead atoms. The average Bonchev–Trinajstić information content (AvgIpc) is 2.36. The van der Waals surface area contributed by atoms with Gasteiger partial charge in [0.1, 0.15) is 0 Å². The van der Waals surface area contributed by atoms with E-state index in [1.54, 1.807) is 6.92 Å². The summed E-state index contributed by atoms with van der Waals surface area (Å²) in [7, 11) is -2.54. The molecule has 2 N–H and O–H groups in total. The van der Waals surface area contributed by atoms with Crippen molar-refractivity contribution in [2.75, 3.05) is 12.8 Å². The van der Waals surface area contributed by atoms with Gasteiger partial charge in [-0.3, -0.25) is 10.1 Å². The quantitative estimate of drug-likeness (QED) is 0.492. The SMILES string of the molecule is CC(C)CC(C)N(C)S(=O)(=O)c1cc(N)ccc1[N+](=O)[O-]. The number of anilines is 1. The lowest BCUT2D eigenvalue weighted by Crippen LogP contribution is -2.36. The zero-order chi connectivity index (χ0) is 16.4. The van der Waals surface area contributed by atoms with E-state index in [1.165, 1.54) is 13.1 Å². The Balaban J connectivity index is 3.30. The van der Waals surface area contributed by atoms with Crippen LogP contribution in [0.3, 0.4) is 0 Å². The second-order valence-corrected chi connectivity index (χ2v) is 7.45. The van der Waals surface area contributed by atoms with Crippen molar-refractivity contribution in [2.24, 2.45) is 5.92 Å². The summed E-state index contributed by atoms with van der Waals surface area (Å²) in [5, 5.41) is 11.0. The maximum absolute atomic E-state index is 12.6. The minimum Gasteiger partial charge on any atom is -0.399 e. The molecule has 1 unspecified atom stereocenters. The van der Waals surface area contributed by atoms with E-state index in [1.807, 2.05) is 13.8 Å². The first kappa shape index (κ1) is 17.4. The molecule has 0 saturated heterocycles. The van der Waals surface area contributed by atoms with Crippen molar-refractivity contribution in [1.29, 1.82) is 0 Å². The summed E-state index contributed by atoms with van der Waals surface area (Å²) < 4.78 is 26.4. The van der Waals surface area contributed by atoms with Gasteiger partial charge < -0.3 is 5.73 Å². The lowest BCUT2D eigenvalue weighted by Gasteiger charge is -2.25. The molecule has 0 amide bonds. The van der Waals surface area contributed by atoms with Crippen LogP contribution in [0.15, 0.2) is 23.1 Å². The van der Waals surface area contributed by atoms with Crippen LogP contribution in [0, 0.1) is 16.0 Å². The lowest BCUT2D eigenvalue weighted by atomic mass is 10.1. The summed E-state index contributed by atoms with van der Waals surface area (Å²) in [4.78, 5) is 9.95. The van der Waals surface area contributed by atoms with Crippen LogP contribution in [0.5, 0.6) is 0 Å². The normalized spacial score (nSPS) is 13.6. The molecular weight excluding hydrogens is 294 g/mol. The molecule has 0 heterocycles. The molecule has 0 aliphatic rings. The third-order valence-corrected chi connectivity index (χ3v) is 5.27. The predicted molar refractivity (Wildman–Crippen MR) is 81.4 cm³/mol.